The number of nitrogens with two attached hydrogens (primary N) is 1. The molecule has 3 nitrogen and oxygen atoms in total. The van der Waals surface area contributed by atoms with E-state index in [4.69, 9.17) is 15.7 Å². The highest BCUT2D eigenvalue weighted by molar-refractivity contribution is 5.00. The summed E-state index contributed by atoms with van der Waals surface area (Å²) < 4.78 is 5.51. The molecule has 0 aromatic rings. The first-order chi connectivity index (χ1) is 7.14. The fourth-order valence-electron chi connectivity index (χ4n) is 1.73. The van der Waals surface area contributed by atoms with E-state index >= 15 is 0 Å². The molecule has 0 spiro atoms. The third-order valence-electron chi connectivity index (χ3n) is 3.14. The SMILES string of the molecule is CC(N)(C#N)CCCOCCC1CCC1. The lowest BCUT2D eigenvalue weighted by Crippen LogP contribution is -2.34. The fraction of sp³-hybridized carbons (Fsp3) is 0.917. The van der Waals surface area contributed by atoms with Gasteiger partial charge in [0.1, 0.15) is 5.54 Å². The van der Waals surface area contributed by atoms with Crippen molar-refractivity contribution >= 4 is 0 Å². The molecule has 0 aromatic carbocycles. The molecule has 2 N–H and O–H groups in total. The molecule has 1 aliphatic carbocycles. The number of rotatable bonds is 7. The Balaban J connectivity index is 1.86. The van der Waals surface area contributed by atoms with Gasteiger partial charge in [-0.15, -0.1) is 0 Å². The molecular formula is C12H22N2O. The number of ether oxygens (including phenoxy) is 1. The molecule has 0 bridgehead atoms. The van der Waals surface area contributed by atoms with E-state index < -0.39 is 5.54 Å². The Morgan fingerprint density at radius 3 is 2.73 bits per heavy atom. The van der Waals surface area contributed by atoms with Gasteiger partial charge in [0.2, 0.25) is 0 Å². The summed E-state index contributed by atoms with van der Waals surface area (Å²) in [6.07, 6.45) is 6.98. The van der Waals surface area contributed by atoms with Gasteiger partial charge in [0.25, 0.3) is 0 Å². The Morgan fingerprint density at radius 1 is 1.47 bits per heavy atom. The Labute approximate surface area is 92.6 Å². The predicted octanol–water partition coefficient (Wildman–Crippen LogP) is 2.21. The molecule has 0 amide bonds. The van der Waals surface area contributed by atoms with Crippen LogP contribution in [0.5, 0.6) is 0 Å². The Kier molecular flexibility index (Phi) is 5.07. The van der Waals surface area contributed by atoms with Gasteiger partial charge >= 0.3 is 0 Å². The van der Waals surface area contributed by atoms with Gasteiger partial charge in [0.05, 0.1) is 6.07 Å². The van der Waals surface area contributed by atoms with Crippen LogP contribution in [0.3, 0.4) is 0 Å². The van der Waals surface area contributed by atoms with Crippen LogP contribution in [0, 0.1) is 17.2 Å². The van der Waals surface area contributed by atoms with Crippen LogP contribution < -0.4 is 5.73 Å². The van der Waals surface area contributed by atoms with Crippen LogP contribution in [0.2, 0.25) is 0 Å². The zero-order valence-corrected chi connectivity index (χ0v) is 9.67. The summed E-state index contributed by atoms with van der Waals surface area (Å²) in [4.78, 5) is 0. The van der Waals surface area contributed by atoms with Crippen molar-refractivity contribution in [2.75, 3.05) is 13.2 Å². The van der Waals surface area contributed by atoms with E-state index in [1.165, 1.54) is 25.7 Å². The van der Waals surface area contributed by atoms with E-state index in [-0.39, 0.29) is 0 Å². The molecule has 0 aromatic heterocycles. The summed E-state index contributed by atoms with van der Waals surface area (Å²) in [5, 5.41) is 8.69. The predicted molar refractivity (Wildman–Crippen MR) is 60.2 cm³/mol. The summed E-state index contributed by atoms with van der Waals surface area (Å²) in [6.45, 7) is 3.38. The van der Waals surface area contributed by atoms with Crippen LogP contribution in [0.25, 0.3) is 0 Å². The lowest BCUT2D eigenvalue weighted by atomic mass is 9.83. The molecule has 1 saturated carbocycles. The number of nitriles is 1. The molecule has 1 fully saturated rings. The third-order valence-corrected chi connectivity index (χ3v) is 3.14. The molecule has 15 heavy (non-hydrogen) atoms. The molecule has 0 radical (unpaired) electrons. The standard InChI is InChI=1S/C12H22N2O/c1-12(14,10-13)7-3-8-15-9-6-11-4-2-5-11/h11H,2-9,14H2,1H3. The first-order valence-electron chi connectivity index (χ1n) is 5.92. The maximum atomic E-state index is 8.69. The first-order valence-corrected chi connectivity index (χ1v) is 5.92. The number of hydrogen-bond acceptors (Lipinski definition) is 3. The van der Waals surface area contributed by atoms with E-state index in [0.29, 0.717) is 6.42 Å². The summed E-state index contributed by atoms with van der Waals surface area (Å²) in [5.41, 5.74) is 5.01. The van der Waals surface area contributed by atoms with Gasteiger partial charge in [-0.3, -0.25) is 0 Å². The zero-order chi connectivity index (χ0) is 11.1. The van der Waals surface area contributed by atoms with Crippen LogP contribution in [0.15, 0.2) is 0 Å². The fourth-order valence-corrected chi connectivity index (χ4v) is 1.73. The molecule has 0 aliphatic heterocycles. The highest BCUT2D eigenvalue weighted by atomic mass is 16.5. The van der Waals surface area contributed by atoms with Crippen molar-refractivity contribution in [2.24, 2.45) is 11.7 Å². The summed E-state index contributed by atoms with van der Waals surface area (Å²) >= 11 is 0. The van der Waals surface area contributed by atoms with Gasteiger partial charge in [0, 0.05) is 13.2 Å². The number of nitrogens with zero attached hydrogens (tertiary/aromatic N) is 1. The highest BCUT2D eigenvalue weighted by Gasteiger charge is 2.17. The smallest absolute Gasteiger partial charge is 0.101 e. The topological polar surface area (TPSA) is 59.0 Å². The zero-order valence-electron chi connectivity index (χ0n) is 9.67. The molecule has 1 rings (SSSR count). The Morgan fingerprint density at radius 2 is 2.20 bits per heavy atom. The van der Waals surface area contributed by atoms with Crippen LogP contribution in [0.4, 0.5) is 0 Å². The Bertz CT molecular complexity index is 216. The Hall–Kier alpha value is -0.590. The number of hydrogen-bond donors (Lipinski definition) is 1. The van der Waals surface area contributed by atoms with Gasteiger partial charge in [-0.05, 0) is 32.1 Å². The summed E-state index contributed by atoms with van der Waals surface area (Å²) in [5.74, 6) is 0.920. The van der Waals surface area contributed by atoms with Crippen LogP contribution in [-0.2, 0) is 4.74 Å². The average Bonchev–Trinajstić information content (AvgIpc) is 2.13. The minimum Gasteiger partial charge on any atom is -0.381 e. The second kappa shape index (κ2) is 6.09. The average molecular weight is 210 g/mol. The largest absolute Gasteiger partial charge is 0.381 e. The molecule has 3 heteroatoms. The second-order valence-corrected chi connectivity index (χ2v) is 4.83. The lowest BCUT2D eigenvalue weighted by molar-refractivity contribution is 0.102. The molecule has 1 aliphatic rings. The first kappa shape index (κ1) is 12.5. The molecule has 86 valence electrons. The van der Waals surface area contributed by atoms with Crippen LogP contribution in [-0.4, -0.2) is 18.8 Å². The van der Waals surface area contributed by atoms with Crippen molar-refractivity contribution in [3.63, 3.8) is 0 Å². The van der Waals surface area contributed by atoms with E-state index in [9.17, 15) is 0 Å². The van der Waals surface area contributed by atoms with Crippen molar-refractivity contribution in [1.29, 1.82) is 5.26 Å². The molecule has 1 unspecified atom stereocenters. The van der Waals surface area contributed by atoms with Gasteiger partial charge in [-0.2, -0.15) is 5.26 Å². The van der Waals surface area contributed by atoms with Gasteiger partial charge in [-0.1, -0.05) is 19.3 Å². The minimum absolute atomic E-state index is 0.683. The lowest BCUT2D eigenvalue weighted by Gasteiger charge is -2.24. The van der Waals surface area contributed by atoms with Crippen LogP contribution in [0.1, 0.15) is 45.4 Å². The van der Waals surface area contributed by atoms with Crippen molar-refractivity contribution < 1.29 is 4.74 Å². The summed E-state index contributed by atoms with van der Waals surface area (Å²) in [7, 11) is 0. The van der Waals surface area contributed by atoms with E-state index in [1.54, 1.807) is 6.92 Å². The molecule has 0 heterocycles. The van der Waals surface area contributed by atoms with Gasteiger partial charge in [-0.25, -0.2) is 0 Å². The second-order valence-electron chi connectivity index (χ2n) is 4.83. The van der Waals surface area contributed by atoms with Crippen molar-refractivity contribution in [3.05, 3.63) is 0 Å². The van der Waals surface area contributed by atoms with Crippen molar-refractivity contribution in [2.45, 2.75) is 51.0 Å². The van der Waals surface area contributed by atoms with Crippen molar-refractivity contribution in [3.8, 4) is 6.07 Å². The maximum Gasteiger partial charge on any atom is 0.101 e. The molecule has 1 atom stereocenters. The molecular weight excluding hydrogens is 188 g/mol. The monoisotopic (exact) mass is 210 g/mol. The normalized spacial score (nSPS) is 20.3. The highest BCUT2D eigenvalue weighted by Crippen LogP contribution is 2.29. The quantitative estimate of drug-likeness (QED) is 0.655. The molecule has 0 saturated heterocycles. The van der Waals surface area contributed by atoms with Crippen LogP contribution >= 0.6 is 0 Å². The van der Waals surface area contributed by atoms with Gasteiger partial charge < -0.3 is 10.5 Å². The minimum atomic E-state index is -0.683. The third kappa shape index (κ3) is 5.15. The summed E-state index contributed by atoms with van der Waals surface area (Å²) in [6, 6.07) is 2.09. The van der Waals surface area contributed by atoms with Crippen molar-refractivity contribution in [1.82, 2.24) is 0 Å². The van der Waals surface area contributed by atoms with E-state index in [2.05, 4.69) is 6.07 Å². The van der Waals surface area contributed by atoms with Gasteiger partial charge in [0.15, 0.2) is 0 Å². The maximum absolute atomic E-state index is 8.69. The van der Waals surface area contributed by atoms with E-state index in [0.717, 1.165) is 25.6 Å². The van der Waals surface area contributed by atoms with E-state index in [1.807, 2.05) is 0 Å².